The first-order valence-electron chi connectivity index (χ1n) is 11.9. The van der Waals surface area contributed by atoms with E-state index in [0.717, 1.165) is 30.4 Å². The molecular weight excluding hydrogens is 464 g/mol. The van der Waals surface area contributed by atoms with Crippen LogP contribution in [0.15, 0.2) is 53.6 Å². The summed E-state index contributed by atoms with van der Waals surface area (Å²) in [6.07, 6.45) is 6.34. The Kier molecular flexibility index (Phi) is 7.28. The lowest BCUT2D eigenvalue weighted by molar-refractivity contribution is -0.129. The number of nitrogens with zero attached hydrogens (tertiary/aromatic N) is 3. The molecule has 0 bridgehead atoms. The molecule has 2 aromatic rings. The van der Waals surface area contributed by atoms with E-state index in [-0.39, 0.29) is 23.1 Å². The summed E-state index contributed by atoms with van der Waals surface area (Å²) in [5.41, 5.74) is 2.98. The summed E-state index contributed by atoms with van der Waals surface area (Å²) >= 11 is 0. The normalized spacial score (nSPS) is 18.1. The third-order valence-electron chi connectivity index (χ3n) is 6.52. The molecule has 2 heterocycles. The van der Waals surface area contributed by atoms with Crippen molar-refractivity contribution in [3.63, 3.8) is 0 Å². The minimum absolute atomic E-state index is 0.0386. The van der Waals surface area contributed by atoms with Gasteiger partial charge in [0, 0.05) is 40.3 Å². The van der Waals surface area contributed by atoms with E-state index in [1.54, 1.807) is 23.2 Å². The Balaban J connectivity index is 1.61. The molecule has 2 amide bonds. The molecule has 2 aliphatic rings. The minimum atomic E-state index is -3.65. The third-order valence-corrected chi connectivity index (χ3v) is 8.42. The summed E-state index contributed by atoms with van der Waals surface area (Å²) in [7, 11) is 0.0250. The van der Waals surface area contributed by atoms with Gasteiger partial charge in [-0.05, 0) is 48.2 Å². The van der Waals surface area contributed by atoms with Gasteiger partial charge in [-0.3, -0.25) is 9.59 Å². The van der Waals surface area contributed by atoms with E-state index in [0.29, 0.717) is 24.5 Å². The van der Waals surface area contributed by atoms with Gasteiger partial charge in [0.25, 0.3) is 0 Å². The predicted octanol–water partition coefficient (Wildman–Crippen LogP) is 3.83. The van der Waals surface area contributed by atoms with Crippen molar-refractivity contribution in [2.24, 2.45) is 0 Å². The molecule has 186 valence electrons. The molecule has 9 heteroatoms. The molecule has 0 aromatic heterocycles. The van der Waals surface area contributed by atoms with Crippen LogP contribution in [0.25, 0.3) is 6.08 Å². The van der Waals surface area contributed by atoms with Crippen molar-refractivity contribution in [3.8, 4) is 0 Å². The molecule has 0 radical (unpaired) electrons. The highest BCUT2D eigenvalue weighted by molar-refractivity contribution is 7.89. The van der Waals surface area contributed by atoms with E-state index in [9.17, 15) is 18.0 Å². The maximum atomic E-state index is 13.2. The zero-order valence-electron chi connectivity index (χ0n) is 20.4. The second kappa shape index (κ2) is 10.2. The lowest BCUT2D eigenvalue weighted by atomic mass is 9.93. The molecule has 2 aliphatic heterocycles. The fourth-order valence-corrected chi connectivity index (χ4v) is 6.25. The van der Waals surface area contributed by atoms with Crippen molar-refractivity contribution in [3.05, 3.63) is 59.8 Å². The van der Waals surface area contributed by atoms with Gasteiger partial charge in [-0.25, -0.2) is 8.42 Å². The number of amides is 2. The van der Waals surface area contributed by atoms with Gasteiger partial charge in [0.05, 0.1) is 28.7 Å². The summed E-state index contributed by atoms with van der Waals surface area (Å²) in [5, 5.41) is 2.92. The summed E-state index contributed by atoms with van der Waals surface area (Å²) < 4.78 is 28.0. The van der Waals surface area contributed by atoms with Gasteiger partial charge in [-0.15, -0.1) is 0 Å². The Morgan fingerprint density at radius 1 is 1.06 bits per heavy atom. The van der Waals surface area contributed by atoms with Gasteiger partial charge >= 0.3 is 0 Å². The highest BCUT2D eigenvalue weighted by Crippen LogP contribution is 2.34. The monoisotopic (exact) mass is 496 g/mol. The molecule has 8 nitrogen and oxygen atoms in total. The molecule has 1 N–H and O–H groups in total. The lowest BCUT2D eigenvalue weighted by Gasteiger charge is -2.32. The van der Waals surface area contributed by atoms with Crippen molar-refractivity contribution in [1.29, 1.82) is 0 Å². The van der Waals surface area contributed by atoms with E-state index in [2.05, 4.69) is 5.32 Å². The maximum Gasteiger partial charge on any atom is 0.243 e. The number of fused-ring (bicyclic) bond motifs is 1. The SMILES string of the molecule is CC(=O)N1C=Cc2ccccc2[C@H]1CC(=O)Nc1cc(S(=O)(=O)N2CCCCC2)ccc1N(C)C. The van der Waals surface area contributed by atoms with Crippen LogP contribution in [0.3, 0.4) is 0 Å². The molecule has 1 atom stereocenters. The van der Waals surface area contributed by atoms with Crippen LogP contribution in [0.5, 0.6) is 0 Å². The maximum absolute atomic E-state index is 13.2. The zero-order chi connectivity index (χ0) is 25.2. The second-order valence-electron chi connectivity index (χ2n) is 9.18. The third kappa shape index (κ3) is 5.26. The summed E-state index contributed by atoms with van der Waals surface area (Å²) in [4.78, 5) is 29.1. The van der Waals surface area contributed by atoms with Gasteiger partial charge in [-0.1, -0.05) is 30.7 Å². The minimum Gasteiger partial charge on any atom is -0.376 e. The van der Waals surface area contributed by atoms with E-state index < -0.39 is 16.1 Å². The Morgan fingerprint density at radius 3 is 2.46 bits per heavy atom. The number of sulfonamides is 1. The van der Waals surface area contributed by atoms with Crippen LogP contribution in [0, 0.1) is 0 Å². The molecule has 0 unspecified atom stereocenters. The highest BCUT2D eigenvalue weighted by atomic mass is 32.2. The van der Waals surface area contributed by atoms with Gasteiger partial charge in [0.15, 0.2) is 0 Å². The molecule has 4 rings (SSSR count). The Bertz CT molecular complexity index is 1250. The molecule has 2 aromatic carbocycles. The van der Waals surface area contributed by atoms with E-state index in [1.807, 2.05) is 49.3 Å². The number of rotatable bonds is 6. The van der Waals surface area contributed by atoms with Crippen LogP contribution in [0.4, 0.5) is 11.4 Å². The molecule has 0 aliphatic carbocycles. The second-order valence-corrected chi connectivity index (χ2v) is 11.1. The summed E-state index contributed by atoms with van der Waals surface area (Å²) in [6, 6.07) is 12.1. The Hall–Kier alpha value is -3.17. The van der Waals surface area contributed by atoms with Crippen LogP contribution >= 0.6 is 0 Å². The van der Waals surface area contributed by atoms with Crippen molar-refractivity contribution < 1.29 is 18.0 Å². The van der Waals surface area contributed by atoms with Crippen molar-refractivity contribution >= 4 is 39.3 Å². The Morgan fingerprint density at radius 2 is 1.77 bits per heavy atom. The van der Waals surface area contributed by atoms with E-state index >= 15 is 0 Å². The number of hydrogen-bond donors (Lipinski definition) is 1. The number of anilines is 2. The zero-order valence-corrected chi connectivity index (χ0v) is 21.2. The average molecular weight is 497 g/mol. The molecule has 35 heavy (non-hydrogen) atoms. The predicted molar refractivity (Wildman–Crippen MR) is 137 cm³/mol. The van der Waals surface area contributed by atoms with Crippen LogP contribution in [0.1, 0.15) is 49.8 Å². The van der Waals surface area contributed by atoms with Gasteiger partial charge < -0.3 is 15.1 Å². The molecule has 0 spiro atoms. The van der Waals surface area contributed by atoms with Crippen LogP contribution < -0.4 is 10.2 Å². The van der Waals surface area contributed by atoms with Crippen molar-refractivity contribution in [2.45, 2.75) is 43.5 Å². The number of carbonyl (C=O) groups excluding carboxylic acids is 2. The van der Waals surface area contributed by atoms with Gasteiger partial charge in [-0.2, -0.15) is 4.31 Å². The summed E-state index contributed by atoms with van der Waals surface area (Å²) in [5.74, 6) is -0.459. The molecule has 1 saturated heterocycles. The number of piperidine rings is 1. The average Bonchev–Trinajstić information content (AvgIpc) is 2.84. The van der Waals surface area contributed by atoms with Gasteiger partial charge in [0.1, 0.15) is 0 Å². The number of carbonyl (C=O) groups is 2. The molecular formula is C26H32N4O4S. The van der Waals surface area contributed by atoms with E-state index in [4.69, 9.17) is 0 Å². The first-order valence-corrected chi connectivity index (χ1v) is 13.3. The fraction of sp³-hybridized carbons (Fsp3) is 0.385. The smallest absolute Gasteiger partial charge is 0.243 e. The number of benzene rings is 2. The molecule has 0 saturated carbocycles. The topological polar surface area (TPSA) is 90.0 Å². The van der Waals surface area contributed by atoms with Gasteiger partial charge in [0.2, 0.25) is 21.8 Å². The van der Waals surface area contributed by atoms with E-state index in [1.165, 1.54) is 17.3 Å². The van der Waals surface area contributed by atoms with Crippen LogP contribution in [-0.4, -0.2) is 56.6 Å². The fourth-order valence-electron chi connectivity index (χ4n) is 4.71. The van der Waals surface area contributed by atoms with Crippen molar-refractivity contribution in [2.75, 3.05) is 37.4 Å². The number of nitrogens with one attached hydrogen (secondary N) is 1. The largest absolute Gasteiger partial charge is 0.376 e. The molecule has 1 fully saturated rings. The Labute approximate surface area is 207 Å². The van der Waals surface area contributed by atoms with Crippen molar-refractivity contribution in [1.82, 2.24) is 9.21 Å². The first-order chi connectivity index (χ1) is 16.7. The van der Waals surface area contributed by atoms with Crippen LogP contribution in [-0.2, 0) is 19.6 Å². The quantitative estimate of drug-likeness (QED) is 0.657. The number of hydrogen-bond acceptors (Lipinski definition) is 5. The standard InChI is InChI=1S/C26H32N4O4S/c1-19(31)30-16-13-20-9-5-6-10-22(20)25(30)18-26(32)27-23-17-21(11-12-24(23)28(2)3)35(33,34)29-14-7-4-8-15-29/h5-6,9-13,16-17,25H,4,7-8,14-15,18H2,1-3H3,(H,27,32)/t25-/m1/s1. The lowest BCUT2D eigenvalue weighted by Crippen LogP contribution is -2.35. The first kappa shape index (κ1) is 24.9. The van der Waals surface area contributed by atoms with Crippen LogP contribution in [0.2, 0.25) is 0 Å². The highest BCUT2D eigenvalue weighted by Gasteiger charge is 2.30. The summed E-state index contributed by atoms with van der Waals surface area (Å²) in [6.45, 7) is 2.49.